The molecule has 2 aromatic heterocycles. The molecule has 5 rings (SSSR count). The number of piperidine rings is 1. The van der Waals surface area contributed by atoms with Gasteiger partial charge < -0.3 is 40.5 Å². The summed E-state index contributed by atoms with van der Waals surface area (Å²) < 4.78 is 12.8. The maximum atomic E-state index is 12.5. The molecule has 5 N–H and O–H groups in total. The number of hydrogen-bond donors (Lipinski definition) is 4. The van der Waals surface area contributed by atoms with Crippen LogP contribution in [0.4, 0.5) is 10.6 Å². The third-order valence-electron chi connectivity index (χ3n) is 7.65. The van der Waals surface area contributed by atoms with Crippen LogP contribution < -0.4 is 11.1 Å². The van der Waals surface area contributed by atoms with Gasteiger partial charge in [-0.05, 0) is 45.1 Å². The van der Waals surface area contributed by atoms with Crippen LogP contribution in [0.3, 0.4) is 0 Å². The van der Waals surface area contributed by atoms with E-state index in [-0.39, 0.29) is 29.5 Å². The summed E-state index contributed by atoms with van der Waals surface area (Å²) in [6.45, 7) is 5.10. The van der Waals surface area contributed by atoms with Crippen LogP contribution in [0, 0.1) is 17.8 Å². The Hall–Kier alpha value is -3.51. The maximum absolute atomic E-state index is 12.5. The number of hydrogen-bond acceptors (Lipinski definition) is 11. The Kier molecular flexibility index (Phi) is 8.36. The lowest BCUT2D eigenvalue weighted by molar-refractivity contribution is -0.137. The zero-order valence-electron chi connectivity index (χ0n) is 22.7. The molecule has 0 spiro atoms. The molecule has 216 valence electrons. The number of ether oxygens (including phenoxy) is 2. The number of nitrogens with zero attached hydrogens (tertiary/aromatic N) is 6. The number of amides is 2. The van der Waals surface area contributed by atoms with Gasteiger partial charge in [0.05, 0.1) is 6.33 Å². The number of rotatable bonds is 5. The monoisotopic (exact) mass is 556 g/mol. The number of aliphatic hydroxyl groups is 2. The minimum atomic E-state index is -1.43. The smallest absolute Gasteiger partial charge is 0.410 e. The van der Waals surface area contributed by atoms with Crippen molar-refractivity contribution in [2.75, 3.05) is 45.5 Å². The number of anilines is 1. The molecule has 0 radical (unpaired) electrons. The summed E-state index contributed by atoms with van der Waals surface area (Å²) in [4.78, 5) is 41.6. The molecule has 3 fully saturated rings. The molecule has 2 amide bonds. The highest BCUT2D eigenvalue weighted by atomic mass is 16.6. The van der Waals surface area contributed by atoms with Gasteiger partial charge in [-0.3, -0.25) is 9.36 Å². The Morgan fingerprint density at radius 1 is 1.20 bits per heavy atom. The summed E-state index contributed by atoms with van der Waals surface area (Å²) in [5, 5.41) is 23.6. The van der Waals surface area contributed by atoms with Gasteiger partial charge in [0, 0.05) is 39.1 Å². The van der Waals surface area contributed by atoms with Crippen LogP contribution in [0.2, 0.25) is 0 Å². The number of nitrogens with one attached hydrogen (secondary N) is 1. The first kappa shape index (κ1) is 28.0. The second-order valence-electron chi connectivity index (χ2n) is 10.6. The molecule has 2 unspecified atom stereocenters. The summed E-state index contributed by atoms with van der Waals surface area (Å²) in [6, 6.07) is 0. The fraction of sp³-hybridized carbons (Fsp3) is 0.654. The van der Waals surface area contributed by atoms with Gasteiger partial charge in [0.1, 0.15) is 23.8 Å². The predicted molar refractivity (Wildman–Crippen MR) is 143 cm³/mol. The zero-order chi connectivity index (χ0) is 28.4. The van der Waals surface area contributed by atoms with Crippen LogP contribution in [-0.2, 0) is 14.3 Å². The molecule has 0 saturated carbocycles. The number of aromatic nitrogens is 4. The van der Waals surface area contributed by atoms with Gasteiger partial charge in [0.25, 0.3) is 5.91 Å². The fourth-order valence-corrected chi connectivity index (χ4v) is 5.36. The van der Waals surface area contributed by atoms with Crippen molar-refractivity contribution in [1.82, 2.24) is 34.6 Å². The molecular formula is C26H36N8O6. The maximum Gasteiger partial charge on any atom is 0.410 e. The molecule has 2 aromatic rings. The lowest BCUT2D eigenvalue weighted by Crippen LogP contribution is -2.42. The highest BCUT2D eigenvalue weighted by Gasteiger charge is 2.47. The van der Waals surface area contributed by atoms with E-state index in [9.17, 15) is 19.8 Å². The number of carbonyl (C=O) groups excluding carboxylic acids is 2. The molecule has 0 aromatic carbocycles. The third-order valence-corrected chi connectivity index (χ3v) is 7.65. The van der Waals surface area contributed by atoms with Gasteiger partial charge in [-0.2, -0.15) is 0 Å². The van der Waals surface area contributed by atoms with Crippen LogP contribution in [0.15, 0.2) is 6.33 Å². The van der Waals surface area contributed by atoms with E-state index < -0.39 is 30.4 Å². The molecule has 14 nitrogen and oxygen atoms in total. The quantitative estimate of drug-likeness (QED) is 0.347. The Labute approximate surface area is 231 Å². The first-order valence-electron chi connectivity index (χ1n) is 13.7. The second kappa shape index (κ2) is 11.9. The molecule has 5 atom stereocenters. The average Bonchev–Trinajstić information content (AvgIpc) is 3.62. The number of carbonyl (C=O) groups is 2. The summed E-state index contributed by atoms with van der Waals surface area (Å²) in [5.41, 5.74) is 6.67. The van der Waals surface area contributed by atoms with Crippen molar-refractivity contribution in [2.45, 2.75) is 63.3 Å². The number of nitrogen functional groups attached to an aromatic ring is 1. The largest absolute Gasteiger partial charge is 0.445 e. The van der Waals surface area contributed by atoms with Crippen LogP contribution >= 0.6 is 0 Å². The molecule has 3 saturated heterocycles. The van der Waals surface area contributed by atoms with Crippen molar-refractivity contribution in [3.63, 3.8) is 0 Å². The summed E-state index contributed by atoms with van der Waals surface area (Å²) >= 11 is 0. The normalized spacial score (nSPS) is 27.5. The van der Waals surface area contributed by atoms with E-state index in [4.69, 9.17) is 15.2 Å². The molecule has 3 aliphatic rings. The minimum absolute atomic E-state index is 0.0299. The summed E-state index contributed by atoms with van der Waals surface area (Å²) in [7, 11) is 2.02. The molecule has 14 heteroatoms. The van der Waals surface area contributed by atoms with Gasteiger partial charge in [-0.25, -0.2) is 19.7 Å². The third kappa shape index (κ3) is 5.83. The second-order valence-corrected chi connectivity index (χ2v) is 10.6. The van der Waals surface area contributed by atoms with E-state index in [0.29, 0.717) is 37.5 Å². The molecule has 0 aliphatic carbocycles. The molecule has 0 bridgehead atoms. The summed E-state index contributed by atoms with van der Waals surface area (Å²) in [5.74, 6) is 6.20. The Morgan fingerprint density at radius 2 is 1.98 bits per heavy atom. The highest BCUT2D eigenvalue weighted by molar-refractivity contribution is 5.83. The molecule has 3 aliphatic heterocycles. The van der Waals surface area contributed by atoms with Crippen molar-refractivity contribution in [2.24, 2.45) is 5.92 Å². The van der Waals surface area contributed by atoms with E-state index >= 15 is 0 Å². The number of fused-ring (bicyclic) bond motifs is 1. The number of nitrogens with two attached hydrogens (primary N) is 1. The highest BCUT2D eigenvalue weighted by Crippen LogP contribution is 2.32. The van der Waals surface area contributed by atoms with E-state index in [2.05, 4.69) is 37.0 Å². The van der Waals surface area contributed by atoms with Gasteiger partial charge in [0.2, 0.25) is 5.82 Å². The van der Waals surface area contributed by atoms with Crippen molar-refractivity contribution in [3.05, 3.63) is 12.2 Å². The first-order valence-corrected chi connectivity index (χ1v) is 13.7. The zero-order valence-corrected chi connectivity index (χ0v) is 22.7. The number of imidazole rings is 1. The molecule has 40 heavy (non-hydrogen) atoms. The van der Waals surface area contributed by atoms with Gasteiger partial charge in [-0.15, -0.1) is 0 Å². The van der Waals surface area contributed by atoms with E-state index in [0.717, 1.165) is 32.4 Å². The standard InChI is InChI=1S/C26H36N8O6/c1-3-28-24(37)21-19(35)20(36)25(40-21)34-14-29-18-22(27)30-17(31-23(18)34)6-4-5-15-7-11-33(12-8-15)26(38)39-16-9-10-32(2)13-16/h14-16,19-21,25,35-36H,3,5,7-13H2,1-2H3,(H,28,37)(H2,27,30,31)/t16?,19-,20?,21+,25-/m1/s1. The SMILES string of the molecule is CCNC(=O)[C@H]1O[C@@H](n2cnc3c(N)nc(C#CCC4CCN(C(=O)OC5CCN(C)C5)CC4)nc32)C(O)[C@H]1O. The van der Waals surface area contributed by atoms with Gasteiger partial charge in [0.15, 0.2) is 23.8 Å². The average molecular weight is 557 g/mol. The van der Waals surface area contributed by atoms with Crippen molar-refractivity contribution >= 4 is 29.0 Å². The topological polar surface area (TPSA) is 181 Å². The Morgan fingerprint density at radius 3 is 2.67 bits per heavy atom. The van der Waals surface area contributed by atoms with Gasteiger partial charge >= 0.3 is 6.09 Å². The molecular weight excluding hydrogens is 520 g/mol. The Balaban J connectivity index is 1.21. The van der Waals surface area contributed by atoms with E-state index in [1.165, 1.54) is 10.9 Å². The van der Waals surface area contributed by atoms with Crippen LogP contribution in [-0.4, -0.2) is 116 Å². The molecule has 5 heterocycles. The summed E-state index contributed by atoms with van der Waals surface area (Å²) in [6.07, 6.45) is -0.909. The predicted octanol–water partition coefficient (Wildman–Crippen LogP) is -0.542. The number of aliphatic hydroxyl groups excluding tert-OH is 2. The van der Waals surface area contributed by atoms with Gasteiger partial charge in [-0.1, -0.05) is 5.92 Å². The van der Waals surface area contributed by atoms with Crippen LogP contribution in [0.5, 0.6) is 0 Å². The lowest BCUT2D eigenvalue weighted by Gasteiger charge is -2.31. The lowest BCUT2D eigenvalue weighted by atomic mass is 9.94. The van der Waals surface area contributed by atoms with Crippen molar-refractivity contribution < 1.29 is 29.3 Å². The van der Waals surface area contributed by atoms with Crippen molar-refractivity contribution in [1.29, 1.82) is 0 Å². The van der Waals surface area contributed by atoms with E-state index in [1.54, 1.807) is 11.8 Å². The fourth-order valence-electron chi connectivity index (χ4n) is 5.36. The number of likely N-dealkylation sites (tertiary alicyclic amines) is 2. The van der Waals surface area contributed by atoms with Crippen LogP contribution in [0.1, 0.15) is 44.7 Å². The Bertz CT molecular complexity index is 1300. The minimum Gasteiger partial charge on any atom is -0.445 e. The number of likely N-dealkylation sites (N-methyl/N-ethyl adjacent to an activating group) is 2. The van der Waals surface area contributed by atoms with Crippen LogP contribution in [0.25, 0.3) is 11.2 Å². The van der Waals surface area contributed by atoms with Crippen molar-refractivity contribution in [3.8, 4) is 11.8 Å². The first-order chi connectivity index (χ1) is 19.2. The van der Waals surface area contributed by atoms with E-state index in [1.807, 2.05) is 7.05 Å².